The highest BCUT2D eigenvalue weighted by molar-refractivity contribution is 14.0. The molecule has 1 amide bonds. The number of nitrogens with one attached hydrogen (secondary N) is 2. The first-order valence-electron chi connectivity index (χ1n) is 10.8. The molecule has 0 radical (unpaired) electrons. The van der Waals surface area contributed by atoms with Crippen molar-refractivity contribution in [1.29, 1.82) is 0 Å². The van der Waals surface area contributed by atoms with Crippen molar-refractivity contribution in [2.75, 3.05) is 52.4 Å². The standard InChI is InChI=1S/C20H39N5O.HI/c1-3-5-8-11-22-20(21-4-2)23-12-13-24-14-16-25(17-15-24)19(26)18-9-6-7-10-18;/h18H,3-17H2,1-2H3,(H2,21,22,23);1H. The highest BCUT2D eigenvalue weighted by atomic mass is 127. The minimum absolute atomic E-state index is 0. The molecule has 6 nitrogen and oxygen atoms in total. The Labute approximate surface area is 182 Å². The fourth-order valence-electron chi connectivity index (χ4n) is 3.85. The second kappa shape index (κ2) is 14.4. The zero-order valence-corrected chi connectivity index (χ0v) is 19.7. The SMILES string of the molecule is CCCCCN=C(NCC)NCCN1CCN(C(=O)C2CCCC2)CC1.I. The Bertz CT molecular complexity index is 432. The minimum atomic E-state index is 0. The Balaban J connectivity index is 0.00000364. The average Bonchev–Trinajstić information content (AvgIpc) is 3.20. The number of halogens is 1. The third kappa shape index (κ3) is 8.98. The van der Waals surface area contributed by atoms with Gasteiger partial charge in [-0.05, 0) is 26.2 Å². The summed E-state index contributed by atoms with van der Waals surface area (Å²) in [5, 5.41) is 6.76. The smallest absolute Gasteiger partial charge is 0.225 e. The van der Waals surface area contributed by atoms with Crippen molar-refractivity contribution < 1.29 is 4.79 Å². The van der Waals surface area contributed by atoms with Crippen LogP contribution in [0.1, 0.15) is 58.8 Å². The topological polar surface area (TPSA) is 60.0 Å². The molecule has 0 aromatic rings. The minimum Gasteiger partial charge on any atom is -0.357 e. The maximum Gasteiger partial charge on any atom is 0.225 e. The van der Waals surface area contributed by atoms with E-state index in [0.717, 1.165) is 77.6 Å². The Hall–Kier alpha value is -0.570. The molecule has 0 spiro atoms. The first-order valence-corrected chi connectivity index (χ1v) is 10.8. The molecule has 158 valence electrons. The van der Waals surface area contributed by atoms with Crippen LogP contribution < -0.4 is 10.6 Å². The molecule has 1 aliphatic carbocycles. The lowest BCUT2D eigenvalue weighted by molar-refractivity contribution is -0.137. The van der Waals surface area contributed by atoms with E-state index < -0.39 is 0 Å². The van der Waals surface area contributed by atoms with E-state index in [-0.39, 0.29) is 24.0 Å². The fourth-order valence-corrected chi connectivity index (χ4v) is 3.85. The molecular formula is C20H40IN5O. The number of carbonyl (C=O) groups excluding carboxylic acids is 1. The van der Waals surface area contributed by atoms with Crippen LogP contribution in [0.5, 0.6) is 0 Å². The molecule has 27 heavy (non-hydrogen) atoms. The van der Waals surface area contributed by atoms with E-state index in [1.165, 1.54) is 25.7 Å². The van der Waals surface area contributed by atoms with E-state index in [2.05, 4.69) is 39.3 Å². The van der Waals surface area contributed by atoms with E-state index in [0.29, 0.717) is 11.8 Å². The fraction of sp³-hybridized carbons (Fsp3) is 0.900. The van der Waals surface area contributed by atoms with Gasteiger partial charge in [0.05, 0.1) is 0 Å². The van der Waals surface area contributed by atoms with Gasteiger partial charge in [0.25, 0.3) is 0 Å². The van der Waals surface area contributed by atoms with E-state index >= 15 is 0 Å². The maximum absolute atomic E-state index is 12.5. The lowest BCUT2D eigenvalue weighted by Gasteiger charge is -2.36. The zero-order chi connectivity index (χ0) is 18.6. The number of guanidine groups is 1. The van der Waals surface area contributed by atoms with Gasteiger partial charge in [0.15, 0.2) is 5.96 Å². The third-order valence-electron chi connectivity index (χ3n) is 5.48. The average molecular weight is 493 g/mol. The van der Waals surface area contributed by atoms with Gasteiger partial charge >= 0.3 is 0 Å². The van der Waals surface area contributed by atoms with Gasteiger partial charge in [-0.3, -0.25) is 14.7 Å². The number of hydrogen-bond donors (Lipinski definition) is 2. The number of hydrogen-bond acceptors (Lipinski definition) is 3. The monoisotopic (exact) mass is 493 g/mol. The number of unbranched alkanes of at least 4 members (excludes halogenated alkanes) is 2. The number of aliphatic imine (C=N–C) groups is 1. The lowest BCUT2D eigenvalue weighted by atomic mass is 10.1. The quantitative estimate of drug-likeness (QED) is 0.225. The number of nitrogens with zero attached hydrogens (tertiary/aromatic N) is 3. The number of rotatable bonds is 9. The molecule has 1 aliphatic heterocycles. The molecule has 1 saturated heterocycles. The van der Waals surface area contributed by atoms with Crippen LogP contribution in [0.4, 0.5) is 0 Å². The van der Waals surface area contributed by atoms with Crippen molar-refractivity contribution in [1.82, 2.24) is 20.4 Å². The van der Waals surface area contributed by atoms with Gasteiger partial charge in [0, 0.05) is 58.3 Å². The summed E-state index contributed by atoms with van der Waals surface area (Å²) in [4.78, 5) is 21.7. The molecule has 0 unspecified atom stereocenters. The van der Waals surface area contributed by atoms with Crippen LogP contribution in [-0.2, 0) is 4.79 Å². The molecule has 2 fully saturated rings. The van der Waals surface area contributed by atoms with Crippen LogP contribution >= 0.6 is 24.0 Å². The molecule has 1 heterocycles. The molecule has 2 aliphatic rings. The van der Waals surface area contributed by atoms with Crippen LogP contribution in [-0.4, -0.2) is 74.0 Å². The molecule has 7 heteroatoms. The predicted molar refractivity (Wildman–Crippen MR) is 124 cm³/mol. The summed E-state index contributed by atoms with van der Waals surface area (Å²) in [6.07, 6.45) is 8.30. The molecule has 1 saturated carbocycles. The van der Waals surface area contributed by atoms with E-state index in [4.69, 9.17) is 0 Å². The van der Waals surface area contributed by atoms with Gasteiger partial charge in [0.2, 0.25) is 5.91 Å². The predicted octanol–water partition coefficient (Wildman–Crippen LogP) is 2.68. The first kappa shape index (κ1) is 24.5. The maximum atomic E-state index is 12.5. The number of piperazine rings is 1. The molecule has 2 N–H and O–H groups in total. The molecule has 0 bridgehead atoms. The molecule has 0 aromatic carbocycles. The van der Waals surface area contributed by atoms with Crippen molar-refractivity contribution in [3.05, 3.63) is 0 Å². The van der Waals surface area contributed by atoms with Crippen molar-refractivity contribution in [3.63, 3.8) is 0 Å². The van der Waals surface area contributed by atoms with Crippen molar-refractivity contribution >= 4 is 35.8 Å². The summed E-state index contributed by atoms with van der Waals surface area (Å²) < 4.78 is 0. The van der Waals surface area contributed by atoms with Crippen LogP contribution in [0.25, 0.3) is 0 Å². The molecular weight excluding hydrogens is 453 g/mol. The summed E-state index contributed by atoms with van der Waals surface area (Å²) in [6, 6.07) is 0. The summed E-state index contributed by atoms with van der Waals surface area (Å²) in [5.41, 5.74) is 0. The third-order valence-corrected chi connectivity index (χ3v) is 5.48. The largest absolute Gasteiger partial charge is 0.357 e. The van der Waals surface area contributed by atoms with Gasteiger partial charge in [0.1, 0.15) is 0 Å². The Kier molecular flexibility index (Phi) is 13.1. The molecule has 0 aromatic heterocycles. The summed E-state index contributed by atoms with van der Waals surface area (Å²) in [7, 11) is 0. The first-order chi connectivity index (χ1) is 12.7. The van der Waals surface area contributed by atoms with Gasteiger partial charge in [-0.15, -0.1) is 24.0 Å². The number of carbonyl (C=O) groups is 1. The highest BCUT2D eigenvalue weighted by Gasteiger charge is 2.29. The molecule has 0 atom stereocenters. The Morgan fingerprint density at radius 1 is 1.04 bits per heavy atom. The van der Waals surface area contributed by atoms with Gasteiger partial charge in [-0.1, -0.05) is 32.6 Å². The second-order valence-electron chi connectivity index (χ2n) is 7.54. The summed E-state index contributed by atoms with van der Waals surface area (Å²) >= 11 is 0. The van der Waals surface area contributed by atoms with Crippen molar-refractivity contribution in [2.24, 2.45) is 10.9 Å². The van der Waals surface area contributed by atoms with Gasteiger partial charge in [-0.2, -0.15) is 0 Å². The van der Waals surface area contributed by atoms with Crippen LogP contribution in [0, 0.1) is 5.92 Å². The van der Waals surface area contributed by atoms with E-state index in [9.17, 15) is 4.79 Å². The second-order valence-corrected chi connectivity index (χ2v) is 7.54. The Morgan fingerprint density at radius 3 is 2.37 bits per heavy atom. The van der Waals surface area contributed by atoms with E-state index in [1.807, 2.05) is 0 Å². The normalized spacial score (nSPS) is 19.0. The summed E-state index contributed by atoms with van der Waals surface area (Å²) in [5.74, 6) is 1.65. The van der Waals surface area contributed by atoms with Crippen molar-refractivity contribution in [3.8, 4) is 0 Å². The zero-order valence-electron chi connectivity index (χ0n) is 17.3. The van der Waals surface area contributed by atoms with Crippen LogP contribution in [0.15, 0.2) is 4.99 Å². The highest BCUT2D eigenvalue weighted by Crippen LogP contribution is 2.26. The summed E-state index contributed by atoms with van der Waals surface area (Å²) in [6.45, 7) is 11.8. The Morgan fingerprint density at radius 2 is 1.74 bits per heavy atom. The lowest BCUT2D eigenvalue weighted by Crippen LogP contribution is -2.51. The van der Waals surface area contributed by atoms with E-state index in [1.54, 1.807) is 0 Å². The molecule has 2 rings (SSSR count). The van der Waals surface area contributed by atoms with Crippen molar-refractivity contribution in [2.45, 2.75) is 58.8 Å². The van der Waals surface area contributed by atoms with Crippen LogP contribution in [0.3, 0.4) is 0 Å². The number of amides is 1. The van der Waals surface area contributed by atoms with Gasteiger partial charge < -0.3 is 15.5 Å². The van der Waals surface area contributed by atoms with Crippen LogP contribution in [0.2, 0.25) is 0 Å². The van der Waals surface area contributed by atoms with Gasteiger partial charge in [-0.25, -0.2) is 0 Å².